The van der Waals surface area contributed by atoms with Gasteiger partial charge in [0.25, 0.3) is 10.0 Å². The lowest BCUT2D eigenvalue weighted by molar-refractivity contribution is 0.603. The molecule has 0 aliphatic heterocycles. The molecule has 0 unspecified atom stereocenters. The van der Waals surface area contributed by atoms with Crippen molar-refractivity contribution in [3.8, 4) is 0 Å². The van der Waals surface area contributed by atoms with Gasteiger partial charge in [-0.25, -0.2) is 13.4 Å². The molecule has 0 aliphatic rings. The Kier molecular flexibility index (Phi) is 4.34. The topological polar surface area (TPSA) is 59.1 Å². The molecule has 0 amide bonds. The van der Waals surface area contributed by atoms with Gasteiger partial charge in [-0.1, -0.05) is 0 Å². The summed E-state index contributed by atoms with van der Waals surface area (Å²) in [4.78, 5) is 4.03. The van der Waals surface area contributed by atoms with Crippen molar-refractivity contribution in [1.29, 1.82) is 0 Å². The van der Waals surface area contributed by atoms with E-state index in [1.54, 1.807) is 18.3 Å². The standard InChI is InChI=1S/C11H10Br2N2O2S2/c1-6-3-9(14-5-8(6)12)15-19(16,17)10-4-7(2)11(13)18-10/h3-5H,1-2H3,(H,14,15). The highest BCUT2D eigenvalue weighted by Gasteiger charge is 2.19. The van der Waals surface area contributed by atoms with E-state index in [2.05, 4.69) is 41.6 Å². The van der Waals surface area contributed by atoms with Gasteiger partial charge in [-0.05, 0) is 69.0 Å². The molecule has 2 aromatic rings. The van der Waals surface area contributed by atoms with E-state index in [1.165, 1.54) is 11.3 Å². The maximum absolute atomic E-state index is 12.2. The average molecular weight is 426 g/mol. The normalized spacial score (nSPS) is 11.6. The summed E-state index contributed by atoms with van der Waals surface area (Å²) in [6.07, 6.45) is 1.57. The summed E-state index contributed by atoms with van der Waals surface area (Å²) < 4.78 is 28.8. The number of hydrogen-bond donors (Lipinski definition) is 1. The van der Waals surface area contributed by atoms with E-state index in [0.717, 1.165) is 19.4 Å². The van der Waals surface area contributed by atoms with Crippen molar-refractivity contribution in [2.75, 3.05) is 4.72 Å². The highest BCUT2D eigenvalue weighted by Crippen LogP contribution is 2.31. The Labute approximate surface area is 132 Å². The van der Waals surface area contributed by atoms with E-state index in [0.29, 0.717) is 5.82 Å². The molecule has 2 heterocycles. The van der Waals surface area contributed by atoms with Crippen LogP contribution >= 0.6 is 43.2 Å². The van der Waals surface area contributed by atoms with Gasteiger partial charge in [0.1, 0.15) is 10.0 Å². The van der Waals surface area contributed by atoms with E-state index < -0.39 is 10.0 Å². The average Bonchev–Trinajstić information content (AvgIpc) is 2.65. The quantitative estimate of drug-likeness (QED) is 0.805. The number of nitrogens with zero attached hydrogens (tertiary/aromatic N) is 1. The van der Waals surface area contributed by atoms with Crippen LogP contribution < -0.4 is 4.72 Å². The van der Waals surface area contributed by atoms with Crippen LogP contribution in [0.5, 0.6) is 0 Å². The molecule has 0 aliphatic carbocycles. The van der Waals surface area contributed by atoms with E-state index in [-0.39, 0.29) is 4.21 Å². The second-order valence-electron chi connectivity index (χ2n) is 3.95. The maximum atomic E-state index is 12.2. The zero-order valence-electron chi connectivity index (χ0n) is 10.1. The lowest BCUT2D eigenvalue weighted by Crippen LogP contribution is -2.12. The zero-order valence-corrected chi connectivity index (χ0v) is 14.9. The highest BCUT2D eigenvalue weighted by atomic mass is 79.9. The van der Waals surface area contributed by atoms with E-state index in [9.17, 15) is 8.42 Å². The van der Waals surface area contributed by atoms with Crippen LogP contribution in [0.25, 0.3) is 0 Å². The van der Waals surface area contributed by atoms with Crippen LogP contribution in [0, 0.1) is 13.8 Å². The van der Waals surface area contributed by atoms with E-state index in [4.69, 9.17) is 0 Å². The van der Waals surface area contributed by atoms with Gasteiger partial charge in [0.2, 0.25) is 0 Å². The largest absolute Gasteiger partial charge is 0.272 e. The summed E-state index contributed by atoms with van der Waals surface area (Å²) in [5.74, 6) is 0.308. The Balaban J connectivity index is 2.33. The molecule has 0 saturated carbocycles. The molecule has 19 heavy (non-hydrogen) atoms. The fourth-order valence-electron chi connectivity index (χ4n) is 1.35. The molecule has 2 rings (SSSR count). The van der Waals surface area contributed by atoms with Gasteiger partial charge >= 0.3 is 0 Å². The number of aromatic nitrogens is 1. The summed E-state index contributed by atoms with van der Waals surface area (Å²) in [6, 6.07) is 3.31. The summed E-state index contributed by atoms with van der Waals surface area (Å²) in [5.41, 5.74) is 1.81. The number of aryl methyl sites for hydroxylation is 2. The molecule has 0 bridgehead atoms. The summed E-state index contributed by atoms with van der Waals surface area (Å²) in [6.45, 7) is 3.72. The van der Waals surface area contributed by atoms with Crippen LogP contribution in [0.1, 0.15) is 11.1 Å². The van der Waals surface area contributed by atoms with Crippen LogP contribution in [0.4, 0.5) is 5.82 Å². The third-order valence-corrected chi connectivity index (χ3v) is 7.18. The van der Waals surface area contributed by atoms with Gasteiger partial charge in [0, 0.05) is 10.7 Å². The predicted molar refractivity (Wildman–Crippen MR) is 84.2 cm³/mol. The van der Waals surface area contributed by atoms with Crippen molar-refractivity contribution in [3.63, 3.8) is 0 Å². The van der Waals surface area contributed by atoms with Crippen molar-refractivity contribution < 1.29 is 8.42 Å². The lowest BCUT2D eigenvalue weighted by atomic mass is 10.3. The van der Waals surface area contributed by atoms with Crippen LogP contribution in [0.2, 0.25) is 0 Å². The van der Waals surface area contributed by atoms with E-state index in [1.807, 2.05) is 13.8 Å². The van der Waals surface area contributed by atoms with Gasteiger partial charge in [0.15, 0.2) is 0 Å². The van der Waals surface area contributed by atoms with Crippen LogP contribution in [0.3, 0.4) is 0 Å². The number of sulfonamides is 1. The van der Waals surface area contributed by atoms with Gasteiger partial charge in [-0.15, -0.1) is 11.3 Å². The molecule has 0 aromatic carbocycles. The first-order valence-corrected chi connectivity index (χ1v) is 9.09. The van der Waals surface area contributed by atoms with Gasteiger partial charge in [-0.3, -0.25) is 4.72 Å². The molecule has 0 atom stereocenters. The van der Waals surface area contributed by atoms with E-state index >= 15 is 0 Å². The molecule has 0 fully saturated rings. The van der Waals surface area contributed by atoms with Crippen molar-refractivity contribution in [2.24, 2.45) is 0 Å². The number of rotatable bonds is 3. The van der Waals surface area contributed by atoms with Crippen LogP contribution in [-0.2, 0) is 10.0 Å². The highest BCUT2D eigenvalue weighted by molar-refractivity contribution is 9.11. The molecule has 0 radical (unpaired) electrons. The molecule has 2 aromatic heterocycles. The van der Waals surface area contributed by atoms with Gasteiger partial charge in [0.05, 0.1) is 3.79 Å². The smallest absolute Gasteiger partial charge is 0.263 e. The Hall–Kier alpha value is -0.440. The second kappa shape index (κ2) is 5.51. The third kappa shape index (κ3) is 3.36. The Morgan fingerprint density at radius 1 is 1.21 bits per heavy atom. The van der Waals surface area contributed by atoms with Crippen molar-refractivity contribution in [3.05, 3.63) is 37.7 Å². The first-order valence-electron chi connectivity index (χ1n) is 5.20. The minimum Gasteiger partial charge on any atom is -0.263 e. The summed E-state index contributed by atoms with van der Waals surface area (Å²) in [5, 5.41) is 0. The minimum atomic E-state index is -3.58. The van der Waals surface area contributed by atoms with Crippen molar-refractivity contribution >= 4 is 59.0 Å². The molecule has 8 heteroatoms. The number of hydrogen-bond acceptors (Lipinski definition) is 4. The molecular formula is C11H10Br2N2O2S2. The van der Waals surface area contributed by atoms with Gasteiger partial charge in [-0.2, -0.15) is 0 Å². The fraction of sp³-hybridized carbons (Fsp3) is 0.182. The molecule has 102 valence electrons. The molecule has 0 saturated heterocycles. The maximum Gasteiger partial charge on any atom is 0.272 e. The monoisotopic (exact) mass is 424 g/mol. The van der Waals surface area contributed by atoms with Crippen LogP contribution in [-0.4, -0.2) is 13.4 Å². The first kappa shape index (κ1) is 15.0. The fourth-order valence-corrected chi connectivity index (χ4v) is 4.79. The van der Waals surface area contributed by atoms with Crippen LogP contribution in [0.15, 0.2) is 30.8 Å². The molecular weight excluding hydrogens is 416 g/mol. The summed E-state index contributed by atoms with van der Waals surface area (Å²) in [7, 11) is -3.58. The Bertz CT molecular complexity index is 707. The number of anilines is 1. The molecule has 4 nitrogen and oxygen atoms in total. The summed E-state index contributed by atoms with van der Waals surface area (Å²) >= 11 is 7.82. The third-order valence-electron chi connectivity index (χ3n) is 2.39. The zero-order chi connectivity index (χ0) is 14.2. The number of halogens is 2. The minimum absolute atomic E-state index is 0.263. The second-order valence-corrected chi connectivity index (χ2v) is 9.08. The van der Waals surface area contributed by atoms with Gasteiger partial charge < -0.3 is 0 Å². The number of thiophene rings is 1. The number of pyridine rings is 1. The molecule has 1 N–H and O–H groups in total. The first-order chi connectivity index (χ1) is 8.79. The molecule has 0 spiro atoms. The van der Waals surface area contributed by atoms with Crippen molar-refractivity contribution in [1.82, 2.24) is 4.98 Å². The predicted octanol–water partition coefficient (Wildman–Crippen LogP) is 4.09. The Morgan fingerprint density at radius 3 is 2.42 bits per heavy atom. The van der Waals surface area contributed by atoms with Crippen molar-refractivity contribution in [2.45, 2.75) is 18.1 Å². The SMILES string of the molecule is Cc1cc(NS(=O)(=O)c2cc(C)c(Br)s2)ncc1Br. The number of nitrogens with one attached hydrogen (secondary N) is 1. The lowest BCUT2D eigenvalue weighted by Gasteiger charge is -2.06. The Morgan fingerprint density at radius 2 is 1.89 bits per heavy atom.